The summed E-state index contributed by atoms with van der Waals surface area (Å²) in [5.74, 6) is 2.61. The number of rotatable bonds is 1. The van der Waals surface area contributed by atoms with Crippen molar-refractivity contribution in [2.45, 2.75) is 0 Å². The van der Waals surface area contributed by atoms with Gasteiger partial charge >= 0.3 is 0 Å². The summed E-state index contributed by atoms with van der Waals surface area (Å²) in [4.78, 5) is 0.979. The summed E-state index contributed by atoms with van der Waals surface area (Å²) in [5, 5.41) is 1.99. The largest absolute Gasteiger partial charge is 0.265 e. The molecule has 1 unspecified atom stereocenters. The van der Waals surface area contributed by atoms with Crippen LogP contribution >= 0.6 is 27.4 Å². The first kappa shape index (κ1) is 9.70. The van der Waals surface area contributed by atoms with Crippen LogP contribution in [0.5, 0.6) is 0 Å². The van der Waals surface area contributed by atoms with Crippen LogP contribution in [0.2, 0.25) is 0 Å². The molecule has 60 valence electrons. The molecular formula is C6H8NPS3. The molecular weight excluding hydrogens is 213 g/mol. The highest BCUT2D eigenvalue weighted by Gasteiger charge is 2.27. The fourth-order valence-corrected chi connectivity index (χ4v) is 7.84. The molecule has 1 nitrogen and oxygen atoms in total. The molecule has 1 aliphatic rings. The Bertz CT molecular complexity index is 276. The summed E-state index contributed by atoms with van der Waals surface area (Å²) in [7, 11) is 4.02. The topological polar surface area (TPSA) is 3.24 Å². The monoisotopic (exact) mass is 221 g/mol. The van der Waals surface area contributed by atoms with E-state index in [0.717, 1.165) is 4.91 Å². The second-order valence-corrected chi connectivity index (χ2v) is 13.0. The molecule has 11 heavy (non-hydrogen) atoms. The molecule has 0 N–H and O–H groups in total. The molecule has 0 saturated carbocycles. The number of nitrogens with zero attached hydrogens (tertiary/aromatic N) is 1. The van der Waals surface area contributed by atoms with Gasteiger partial charge in [-0.05, 0) is 14.1 Å². The predicted molar refractivity (Wildman–Crippen MR) is 60.1 cm³/mol. The van der Waals surface area contributed by atoms with Crippen LogP contribution in [-0.4, -0.2) is 18.8 Å². The SMILES string of the molecule is C#CC1=CSP(=S)(N(C)C)S1. The van der Waals surface area contributed by atoms with Gasteiger partial charge in [-0.1, -0.05) is 40.5 Å². The first-order chi connectivity index (χ1) is 5.08. The molecule has 0 bridgehead atoms. The van der Waals surface area contributed by atoms with Crippen molar-refractivity contribution in [3.8, 4) is 12.3 Å². The van der Waals surface area contributed by atoms with Crippen LogP contribution in [0.25, 0.3) is 0 Å². The van der Waals surface area contributed by atoms with Gasteiger partial charge in [0.05, 0.1) is 4.91 Å². The first-order valence-corrected chi connectivity index (χ1v) is 8.57. The van der Waals surface area contributed by atoms with Gasteiger partial charge in [0, 0.05) is 5.41 Å². The van der Waals surface area contributed by atoms with Gasteiger partial charge in [-0.25, -0.2) is 0 Å². The Morgan fingerprint density at radius 2 is 2.36 bits per heavy atom. The lowest BCUT2D eigenvalue weighted by Gasteiger charge is -2.20. The minimum Gasteiger partial charge on any atom is -0.265 e. The first-order valence-electron chi connectivity index (χ1n) is 2.91. The maximum Gasteiger partial charge on any atom is 0.129 e. The second kappa shape index (κ2) is 3.55. The maximum atomic E-state index is 5.45. The highest BCUT2D eigenvalue weighted by molar-refractivity contribution is 9.02. The van der Waals surface area contributed by atoms with E-state index in [2.05, 4.69) is 10.6 Å². The van der Waals surface area contributed by atoms with Crippen molar-refractivity contribution in [2.24, 2.45) is 0 Å². The summed E-state index contributed by atoms with van der Waals surface area (Å²) in [6, 6.07) is 0. The van der Waals surface area contributed by atoms with E-state index >= 15 is 0 Å². The maximum absolute atomic E-state index is 5.45. The van der Waals surface area contributed by atoms with Gasteiger partial charge in [0.1, 0.15) is 4.59 Å². The second-order valence-electron chi connectivity index (χ2n) is 2.14. The van der Waals surface area contributed by atoms with Crippen LogP contribution < -0.4 is 0 Å². The van der Waals surface area contributed by atoms with Crippen LogP contribution in [0.3, 0.4) is 0 Å². The van der Waals surface area contributed by atoms with Gasteiger partial charge in [-0.2, -0.15) is 0 Å². The molecule has 0 spiro atoms. The normalized spacial score (nSPS) is 30.2. The van der Waals surface area contributed by atoms with Crippen molar-refractivity contribution in [3.05, 3.63) is 10.3 Å². The van der Waals surface area contributed by atoms with Crippen LogP contribution in [0.1, 0.15) is 0 Å². The quantitative estimate of drug-likeness (QED) is 0.494. The molecule has 1 aliphatic heterocycles. The van der Waals surface area contributed by atoms with E-state index in [-0.39, 0.29) is 0 Å². The van der Waals surface area contributed by atoms with Gasteiger partial charge in [-0.3, -0.25) is 4.67 Å². The lowest BCUT2D eigenvalue weighted by Crippen LogP contribution is -2.01. The summed E-state index contributed by atoms with van der Waals surface area (Å²) >= 11 is 8.81. The minimum atomic E-state index is -1.45. The molecule has 0 aromatic rings. The zero-order chi connectivity index (χ0) is 8.48. The Balaban J connectivity index is 2.75. The molecule has 0 amide bonds. The highest BCUT2D eigenvalue weighted by Crippen LogP contribution is 2.77. The predicted octanol–water partition coefficient (Wildman–Crippen LogP) is 2.73. The van der Waals surface area contributed by atoms with E-state index < -0.39 is 4.59 Å². The molecule has 1 atom stereocenters. The van der Waals surface area contributed by atoms with E-state index in [9.17, 15) is 0 Å². The molecule has 0 saturated heterocycles. The van der Waals surface area contributed by atoms with E-state index in [1.807, 2.05) is 19.5 Å². The van der Waals surface area contributed by atoms with E-state index in [4.69, 9.17) is 18.2 Å². The van der Waals surface area contributed by atoms with E-state index in [1.165, 1.54) is 0 Å². The van der Waals surface area contributed by atoms with Crippen LogP contribution in [0.15, 0.2) is 10.3 Å². The van der Waals surface area contributed by atoms with Gasteiger partial charge in [-0.15, -0.1) is 6.42 Å². The molecule has 1 rings (SSSR count). The summed E-state index contributed by atoms with van der Waals surface area (Å²) in [6.07, 6.45) is 5.26. The van der Waals surface area contributed by atoms with Crippen molar-refractivity contribution in [3.63, 3.8) is 0 Å². The van der Waals surface area contributed by atoms with Gasteiger partial charge in [0.2, 0.25) is 0 Å². The zero-order valence-electron chi connectivity index (χ0n) is 6.27. The summed E-state index contributed by atoms with van der Waals surface area (Å²) in [6.45, 7) is 0. The van der Waals surface area contributed by atoms with E-state index in [0.29, 0.717) is 0 Å². The Morgan fingerprint density at radius 1 is 1.73 bits per heavy atom. The van der Waals surface area contributed by atoms with Crippen molar-refractivity contribution in [1.82, 2.24) is 4.67 Å². The third-order valence-electron chi connectivity index (χ3n) is 1.14. The minimum absolute atomic E-state index is 0.979. The Hall–Kier alpha value is 0.610. The lowest BCUT2D eigenvalue weighted by molar-refractivity contribution is 0.696. The Kier molecular flexibility index (Phi) is 3.13. The molecule has 0 radical (unpaired) electrons. The third-order valence-corrected chi connectivity index (χ3v) is 11.8. The highest BCUT2D eigenvalue weighted by atomic mass is 33.2. The third kappa shape index (κ3) is 2.05. The molecule has 5 heteroatoms. The van der Waals surface area contributed by atoms with Crippen molar-refractivity contribution in [1.29, 1.82) is 0 Å². The van der Waals surface area contributed by atoms with Gasteiger partial charge < -0.3 is 0 Å². The molecule has 0 fully saturated rings. The number of terminal acetylenes is 1. The standard InChI is InChI=1S/C6H8NPS3/c1-4-6-5-10-8(9,11-6)7(2)3/h1,5H,2-3H3. The fourth-order valence-electron chi connectivity index (χ4n) is 0.518. The number of hydrogen-bond acceptors (Lipinski definition) is 3. The van der Waals surface area contributed by atoms with Crippen molar-refractivity contribution < 1.29 is 0 Å². The Labute approximate surface area is 80.5 Å². The molecule has 1 heterocycles. The lowest BCUT2D eigenvalue weighted by atomic mass is 10.7. The van der Waals surface area contributed by atoms with E-state index in [1.54, 1.807) is 22.8 Å². The van der Waals surface area contributed by atoms with Gasteiger partial charge in [0.15, 0.2) is 0 Å². The molecule has 0 aromatic carbocycles. The number of hydrogen-bond donors (Lipinski definition) is 0. The summed E-state index contributed by atoms with van der Waals surface area (Å²) in [5.41, 5.74) is 0. The van der Waals surface area contributed by atoms with Crippen molar-refractivity contribution in [2.75, 3.05) is 14.1 Å². The van der Waals surface area contributed by atoms with Gasteiger partial charge in [0.25, 0.3) is 0 Å². The van der Waals surface area contributed by atoms with Crippen molar-refractivity contribution >= 4 is 39.2 Å². The van der Waals surface area contributed by atoms with Crippen LogP contribution in [0.4, 0.5) is 0 Å². The molecule has 0 aromatic heterocycles. The summed E-state index contributed by atoms with van der Waals surface area (Å²) < 4.78 is 0.646. The number of allylic oxidation sites excluding steroid dienone is 1. The fraction of sp³-hybridized carbons (Fsp3) is 0.333. The average molecular weight is 221 g/mol. The Morgan fingerprint density at radius 3 is 2.64 bits per heavy atom. The average Bonchev–Trinajstić information content (AvgIpc) is 2.33. The van der Waals surface area contributed by atoms with Crippen LogP contribution in [-0.2, 0) is 11.8 Å². The smallest absolute Gasteiger partial charge is 0.129 e. The molecule has 0 aliphatic carbocycles. The zero-order valence-corrected chi connectivity index (χ0v) is 9.62. The van der Waals surface area contributed by atoms with Crippen LogP contribution in [0, 0.1) is 12.3 Å².